The molecule has 0 amide bonds. The molecular weight excluding hydrogens is 366 g/mol. The molecule has 2 heterocycles. The monoisotopic (exact) mass is 392 g/mol. The summed E-state index contributed by atoms with van der Waals surface area (Å²) < 4.78 is 11.3. The van der Waals surface area contributed by atoms with E-state index >= 15 is 0 Å². The number of esters is 1. The van der Waals surface area contributed by atoms with Gasteiger partial charge in [-0.25, -0.2) is 4.79 Å². The Kier molecular flexibility index (Phi) is 5.22. The molecule has 0 spiro atoms. The number of rotatable bonds is 5. The van der Waals surface area contributed by atoms with E-state index in [1.54, 1.807) is 31.4 Å². The maximum Gasteiger partial charge on any atom is 0.455 e. The van der Waals surface area contributed by atoms with Crippen LogP contribution in [0.25, 0.3) is 0 Å². The fraction of sp³-hybridized carbons (Fsp3) is 0.391. The zero-order valence-corrected chi connectivity index (χ0v) is 16.9. The Hall–Kier alpha value is -2.95. The fourth-order valence-electron chi connectivity index (χ4n) is 4.47. The number of fused-ring (bicyclic) bond motifs is 1. The highest BCUT2D eigenvalue weighted by Gasteiger charge is 2.58. The molecule has 0 radical (unpaired) electrons. The molecule has 0 aromatic heterocycles. The summed E-state index contributed by atoms with van der Waals surface area (Å²) in [7, 11) is 1.58. The summed E-state index contributed by atoms with van der Waals surface area (Å²) in [5, 5.41) is 0. The molecule has 2 aromatic rings. The first kappa shape index (κ1) is 19.4. The molecule has 2 atom stereocenters. The van der Waals surface area contributed by atoms with Gasteiger partial charge in [0.15, 0.2) is 5.60 Å². The summed E-state index contributed by atoms with van der Waals surface area (Å²) in [5.41, 5.74) is 9.62. The first-order valence-electron chi connectivity index (χ1n) is 10.0. The third-order valence-corrected chi connectivity index (χ3v) is 6.07. The number of aryl methyl sites for hydroxylation is 1. The van der Waals surface area contributed by atoms with E-state index in [0.29, 0.717) is 17.9 Å². The number of ether oxygens (including phenoxy) is 2. The second kappa shape index (κ2) is 7.82. The van der Waals surface area contributed by atoms with E-state index in [1.807, 2.05) is 6.92 Å². The van der Waals surface area contributed by atoms with Crippen molar-refractivity contribution in [2.24, 2.45) is 0 Å². The molecule has 0 unspecified atom stereocenters. The minimum absolute atomic E-state index is 0.00778. The van der Waals surface area contributed by atoms with Gasteiger partial charge in [0.25, 0.3) is 0 Å². The van der Waals surface area contributed by atoms with Crippen molar-refractivity contribution in [2.75, 3.05) is 20.2 Å². The SMILES string of the molecule is COc1ccc(C(=[N+]=N)C(=O)O[C@]2(c3ccc(C)cc3)CN3CCCC[C@@H]32)cc1. The topological polar surface area (TPSA) is 76.7 Å². The second-order valence-electron chi connectivity index (χ2n) is 7.82. The Labute approximate surface area is 170 Å². The van der Waals surface area contributed by atoms with E-state index in [4.69, 9.17) is 15.0 Å². The molecular formula is C23H26N3O3+. The minimum atomic E-state index is -0.687. The molecule has 2 fully saturated rings. The minimum Gasteiger partial charge on any atom is -0.497 e. The smallest absolute Gasteiger partial charge is 0.455 e. The lowest BCUT2D eigenvalue weighted by Crippen LogP contribution is -2.70. The quantitative estimate of drug-likeness (QED) is 0.366. The Bertz CT molecular complexity index is 948. The van der Waals surface area contributed by atoms with Gasteiger partial charge in [-0.15, -0.1) is 0 Å². The van der Waals surface area contributed by atoms with Crippen LogP contribution in [0.15, 0.2) is 48.5 Å². The predicted octanol–water partition coefficient (Wildman–Crippen LogP) is 3.34. The van der Waals surface area contributed by atoms with Crippen LogP contribution in [0.4, 0.5) is 0 Å². The van der Waals surface area contributed by atoms with Crippen LogP contribution in [0, 0.1) is 12.5 Å². The van der Waals surface area contributed by atoms with E-state index in [2.05, 4.69) is 34.0 Å². The number of carbonyl (C=O) groups is 1. The van der Waals surface area contributed by atoms with Crippen molar-refractivity contribution in [3.63, 3.8) is 0 Å². The van der Waals surface area contributed by atoms with Crippen molar-refractivity contribution >= 4 is 11.7 Å². The van der Waals surface area contributed by atoms with Crippen LogP contribution >= 0.6 is 0 Å². The van der Waals surface area contributed by atoms with Gasteiger partial charge >= 0.3 is 11.7 Å². The van der Waals surface area contributed by atoms with Gasteiger partial charge in [-0.2, -0.15) is 0 Å². The highest BCUT2D eigenvalue weighted by Crippen LogP contribution is 2.46. The van der Waals surface area contributed by atoms with Gasteiger partial charge in [0.1, 0.15) is 5.75 Å². The third kappa shape index (κ3) is 3.46. The average molecular weight is 392 g/mol. The molecule has 6 nitrogen and oxygen atoms in total. The zero-order chi connectivity index (χ0) is 20.4. The normalized spacial score (nSPS) is 23.3. The molecule has 2 saturated heterocycles. The first-order valence-corrected chi connectivity index (χ1v) is 10.0. The van der Waals surface area contributed by atoms with Crippen LogP contribution in [0.3, 0.4) is 0 Å². The second-order valence-corrected chi connectivity index (χ2v) is 7.82. The number of nitrogens with zero attached hydrogens (tertiary/aromatic N) is 2. The van der Waals surface area contributed by atoms with Crippen LogP contribution in [0.1, 0.15) is 36.0 Å². The van der Waals surface area contributed by atoms with Gasteiger partial charge in [-0.05, 0) is 56.1 Å². The molecule has 4 rings (SSSR count). The molecule has 6 heteroatoms. The maximum absolute atomic E-state index is 13.1. The van der Waals surface area contributed by atoms with Crippen LogP contribution < -0.4 is 4.74 Å². The lowest BCUT2D eigenvalue weighted by molar-refractivity contribution is -0.210. The summed E-state index contributed by atoms with van der Waals surface area (Å²) in [4.78, 5) is 19.0. The lowest BCUT2D eigenvalue weighted by atomic mass is 9.73. The first-order chi connectivity index (χ1) is 14.1. The van der Waals surface area contributed by atoms with Crippen LogP contribution in [0.5, 0.6) is 5.75 Å². The number of piperidine rings is 1. The van der Waals surface area contributed by atoms with E-state index < -0.39 is 11.6 Å². The molecule has 29 heavy (non-hydrogen) atoms. The largest absolute Gasteiger partial charge is 0.497 e. The highest BCUT2D eigenvalue weighted by atomic mass is 16.6. The van der Waals surface area contributed by atoms with Gasteiger partial charge in [-0.1, -0.05) is 36.2 Å². The van der Waals surface area contributed by atoms with Gasteiger partial charge in [0.2, 0.25) is 0 Å². The fourth-order valence-corrected chi connectivity index (χ4v) is 4.47. The van der Waals surface area contributed by atoms with E-state index in [9.17, 15) is 4.79 Å². The summed E-state index contributed by atoms with van der Waals surface area (Å²) >= 11 is 0. The highest BCUT2D eigenvalue weighted by molar-refractivity contribution is 6.40. The summed E-state index contributed by atoms with van der Waals surface area (Å²) in [6.45, 7) is 3.76. The average Bonchev–Trinajstić information content (AvgIpc) is 2.73. The van der Waals surface area contributed by atoms with Gasteiger partial charge in [-0.3, -0.25) is 4.90 Å². The number of carbonyl (C=O) groups excluding carboxylic acids is 1. The molecule has 2 aliphatic heterocycles. The zero-order valence-electron chi connectivity index (χ0n) is 16.9. The van der Waals surface area contributed by atoms with Crippen molar-refractivity contribution in [1.82, 2.24) is 4.90 Å². The lowest BCUT2D eigenvalue weighted by Gasteiger charge is -2.58. The number of hydrogen-bond acceptors (Lipinski definition) is 5. The molecule has 1 N–H and O–H groups in total. The van der Waals surface area contributed by atoms with Crippen LogP contribution in [-0.2, 0) is 15.1 Å². The van der Waals surface area contributed by atoms with E-state index in [0.717, 1.165) is 24.9 Å². The summed E-state index contributed by atoms with van der Waals surface area (Å²) in [6, 6.07) is 15.3. The van der Waals surface area contributed by atoms with Crippen molar-refractivity contribution in [2.45, 2.75) is 37.8 Å². The molecule has 0 saturated carbocycles. The molecule has 2 aliphatic rings. The van der Waals surface area contributed by atoms with Gasteiger partial charge in [0, 0.05) is 6.54 Å². The summed E-state index contributed by atoms with van der Waals surface area (Å²) in [5.74, 6) is 0.121. The van der Waals surface area contributed by atoms with E-state index in [-0.39, 0.29) is 11.8 Å². The maximum atomic E-state index is 13.1. The van der Waals surface area contributed by atoms with Crippen LogP contribution in [0.2, 0.25) is 0 Å². The standard InChI is InChI=1S/C23H26N3O3/c1-16-6-10-18(11-7-16)23(15-26-14-4-3-5-20(23)26)29-22(27)21(25-24)17-8-12-19(28-2)13-9-17/h6-13,20,24H,3-5,14-15H2,1-2H3/q+1/t20-,23+/m1/s1. The predicted molar refractivity (Wildman–Crippen MR) is 108 cm³/mol. The number of hydrogen-bond donors (Lipinski definition) is 1. The molecule has 150 valence electrons. The Morgan fingerprint density at radius 1 is 1.14 bits per heavy atom. The Morgan fingerprint density at radius 2 is 1.86 bits per heavy atom. The summed E-state index contributed by atoms with van der Waals surface area (Å²) in [6.07, 6.45) is 3.31. The molecule has 0 aliphatic carbocycles. The van der Waals surface area contributed by atoms with Crippen molar-refractivity contribution < 1.29 is 19.1 Å². The van der Waals surface area contributed by atoms with Gasteiger partial charge in [0.05, 0.1) is 29.0 Å². The van der Waals surface area contributed by atoms with Crippen molar-refractivity contribution in [3.05, 3.63) is 65.2 Å². The van der Waals surface area contributed by atoms with Crippen molar-refractivity contribution in [3.8, 4) is 5.75 Å². The Morgan fingerprint density at radius 3 is 2.48 bits per heavy atom. The van der Waals surface area contributed by atoms with Gasteiger partial charge < -0.3 is 9.47 Å². The number of methoxy groups -OCH3 is 1. The number of benzene rings is 2. The Balaban J connectivity index is 1.64. The van der Waals surface area contributed by atoms with E-state index in [1.165, 1.54) is 12.0 Å². The third-order valence-electron chi connectivity index (χ3n) is 6.07. The molecule has 2 aromatic carbocycles. The van der Waals surface area contributed by atoms with Crippen molar-refractivity contribution in [1.29, 1.82) is 5.53 Å². The molecule has 0 bridgehead atoms. The number of nitrogens with one attached hydrogen (secondary N) is 1. The van der Waals surface area contributed by atoms with Crippen LogP contribution in [-0.4, -0.2) is 47.6 Å².